The van der Waals surface area contributed by atoms with Crippen molar-refractivity contribution < 1.29 is 4.39 Å². The lowest BCUT2D eigenvalue weighted by Crippen LogP contribution is -1.78. The maximum absolute atomic E-state index is 12.2. The SMILES string of the molecule is Fc1cc(SS)ccn1. The van der Waals surface area contributed by atoms with E-state index in [-0.39, 0.29) is 0 Å². The first-order valence-electron chi connectivity index (χ1n) is 2.26. The molecule has 0 radical (unpaired) electrons. The molecule has 1 heterocycles. The zero-order chi connectivity index (χ0) is 6.69. The largest absolute Gasteiger partial charge is 0.228 e. The molecule has 0 aromatic carbocycles. The van der Waals surface area contributed by atoms with E-state index in [0.29, 0.717) is 0 Å². The fourth-order valence-corrected chi connectivity index (χ4v) is 1.05. The maximum atomic E-state index is 12.2. The van der Waals surface area contributed by atoms with E-state index in [2.05, 4.69) is 16.6 Å². The Morgan fingerprint density at radius 2 is 2.44 bits per heavy atom. The molecule has 0 saturated heterocycles. The van der Waals surface area contributed by atoms with Gasteiger partial charge in [-0.15, -0.1) is 11.7 Å². The van der Waals surface area contributed by atoms with Gasteiger partial charge < -0.3 is 0 Å². The molecule has 0 unspecified atom stereocenters. The number of hydrogen-bond donors (Lipinski definition) is 1. The fraction of sp³-hybridized carbons (Fsp3) is 0. The van der Waals surface area contributed by atoms with Gasteiger partial charge in [-0.25, -0.2) is 4.98 Å². The van der Waals surface area contributed by atoms with Crippen molar-refractivity contribution in [3.8, 4) is 0 Å². The Morgan fingerprint density at radius 1 is 1.67 bits per heavy atom. The number of thiol groups is 1. The molecule has 0 fully saturated rings. The molecule has 0 aliphatic heterocycles. The van der Waals surface area contributed by atoms with Crippen LogP contribution in [-0.4, -0.2) is 4.98 Å². The standard InChI is InChI=1S/C5H4FNS2/c6-5-3-4(9-8)1-2-7-5/h1-3,8H. The molecular formula is C5H4FNS2. The Morgan fingerprint density at radius 3 is 2.89 bits per heavy atom. The van der Waals surface area contributed by atoms with Crippen LogP contribution in [0, 0.1) is 5.95 Å². The summed E-state index contributed by atoms with van der Waals surface area (Å²) in [6.07, 6.45) is 1.41. The van der Waals surface area contributed by atoms with E-state index in [0.717, 1.165) is 4.90 Å². The summed E-state index contributed by atoms with van der Waals surface area (Å²) in [5, 5.41) is 0. The number of aromatic nitrogens is 1. The minimum atomic E-state index is -0.464. The Kier molecular flexibility index (Phi) is 2.36. The van der Waals surface area contributed by atoms with Crippen LogP contribution >= 0.6 is 22.5 Å². The van der Waals surface area contributed by atoms with E-state index in [1.165, 1.54) is 23.1 Å². The normalized spacial score (nSPS) is 9.56. The second-order valence-corrected chi connectivity index (χ2v) is 2.61. The minimum absolute atomic E-state index is 0.464. The summed E-state index contributed by atoms with van der Waals surface area (Å²) in [7, 11) is 1.20. The summed E-state index contributed by atoms with van der Waals surface area (Å²) < 4.78 is 12.2. The van der Waals surface area contributed by atoms with Crippen molar-refractivity contribution >= 4 is 22.5 Å². The molecular weight excluding hydrogens is 157 g/mol. The number of rotatable bonds is 1. The van der Waals surface area contributed by atoms with Gasteiger partial charge in [0.15, 0.2) is 0 Å². The second-order valence-electron chi connectivity index (χ2n) is 1.41. The lowest BCUT2D eigenvalue weighted by Gasteiger charge is -1.90. The van der Waals surface area contributed by atoms with Crippen LogP contribution in [0.15, 0.2) is 23.2 Å². The van der Waals surface area contributed by atoms with E-state index in [9.17, 15) is 4.39 Å². The van der Waals surface area contributed by atoms with E-state index in [4.69, 9.17) is 0 Å². The predicted molar refractivity (Wildman–Crippen MR) is 39.0 cm³/mol. The van der Waals surface area contributed by atoms with Crippen molar-refractivity contribution in [3.05, 3.63) is 24.3 Å². The van der Waals surface area contributed by atoms with E-state index in [1.807, 2.05) is 0 Å². The molecule has 9 heavy (non-hydrogen) atoms. The van der Waals surface area contributed by atoms with Crippen LogP contribution in [0.2, 0.25) is 0 Å². The Bertz CT molecular complexity index is 204. The molecule has 0 amide bonds. The summed E-state index contributed by atoms with van der Waals surface area (Å²) in [6.45, 7) is 0. The summed E-state index contributed by atoms with van der Waals surface area (Å²) in [5.41, 5.74) is 0. The molecule has 48 valence electrons. The fourth-order valence-electron chi connectivity index (χ4n) is 0.441. The molecule has 0 aliphatic rings. The molecule has 4 heteroatoms. The third-order valence-electron chi connectivity index (χ3n) is 0.803. The highest BCUT2D eigenvalue weighted by atomic mass is 33.1. The lowest BCUT2D eigenvalue weighted by atomic mass is 10.5. The number of nitrogens with zero attached hydrogens (tertiary/aromatic N) is 1. The van der Waals surface area contributed by atoms with E-state index >= 15 is 0 Å². The van der Waals surface area contributed by atoms with Crippen molar-refractivity contribution in [1.82, 2.24) is 4.98 Å². The first-order chi connectivity index (χ1) is 4.33. The van der Waals surface area contributed by atoms with Gasteiger partial charge in [-0.2, -0.15) is 4.39 Å². The van der Waals surface area contributed by atoms with Crippen LogP contribution in [0.1, 0.15) is 0 Å². The highest BCUT2D eigenvalue weighted by Gasteiger charge is 1.91. The summed E-state index contributed by atoms with van der Waals surface area (Å²) in [6, 6.07) is 3.03. The van der Waals surface area contributed by atoms with E-state index in [1.54, 1.807) is 6.07 Å². The van der Waals surface area contributed by atoms with Gasteiger partial charge in [-0.1, -0.05) is 10.8 Å². The molecule has 0 atom stereocenters. The molecule has 1 nitrogen and oxygen atoms in total. The third-order valence-corrected chi connectivity index (χ3v) is 1.90. The van der Waals surface area contributed by atoms with Gasteiger partial charge >= 0.3 is 0 Å². The van der Waals surface area contributed by atoms with Crippen LogP contribution in [0.25, 0.3) is 0 Å². The average Bonchev–Trinajstić information content (AvgIpc) is 1.88. The first-order valence-corrected chi connectivity index (χ1v) is 4.13. The van der Waals surface area contributed by atoms with Crippen molar-refractivity contribution in [2.45, 2.75) is 4.90 Å². The average molecular weight is 161 g/mol. The molecule has 0 spiro atoms. The van der Waals surface area contributed by atoms with Crippen LogP contribution in [-0.2, 0) is 0 Å². The molecule has 1 rings (SSSR count). The molecule has 0 N–H and O–H groups in total. The monoisotopic (exact) mass is 161 g/mol. The maximum Gasteiger partial charge on any atom is 0.213 e. The zero-order valence-corrected chi connectivity index (χ0v) is 6.12. The summed E-state index contributed by atoms with van der Waals surface area (Å²) >= 11 is 3.88. The second kappa shape index (κ2) is 3.08. The van der Waals surface area contributed by atoms with Crippen LogP contribution in [0.4, 0.5) is 4.39 Å². The molecule has 0 saturated carbocycles. The Balaban J connectivity index is 2.94. The smallest absolute Gasteiger partial charge is 0.213 e. The quantitative estimate of drug-likeness (QED) is 0.385. The van der Waals surface area contributed by atoms with Crippen LogP contribution in [0.3, 0.4) is 0 Å². The third kappa shape index (κ3) is 1.87. The van der Waals surface area contributed by atoms with Gasteiger partial charge in [-0.3, -0.25) is 0 Å². The van der Waals surface area contributed by atoms with Crippen molar-refractivity contribution in [1.29, 1.82) is 0 Å². The van der Waals surface area contributed by atoms with Gasteiger partial charge in [0.05, 0.1) is 0 Å². The minimum Gasteiger partial charge on any atom is -0.228 e. The molecule has 1 aromatic heterocycles. The van der Waals surface area contributed by atoms with Crippen molar-refractivity contribution in [2.75, 3.05) is 0 Å². The number of pyridine rings is 1. The Labute approximate surface area is 61.5 Å². The highest BCUT2D eigenvalue weighted by Crippen LogP contribution is 2.19. The molecule has 0 bridgehead atoms. The predicted octanol–water partition coefficient (Wildman–Crippen LogP) is 2.16. The van der Waals surface area contributed by atoms with Gasteiger partial charge in [0.2, 0.25) is 5.95 Å². The van der Waals surface area contributed by atoms with Crippen molar-refractivity contribution in [2.24, 2.45) is 0 Å². The van der Waals surface area contributed by atoms with Gasteiger partial charge in [0.25, 0.3) is 0 Å². The topological polar surface area (TPSA) is 12.9 Å². The number of hydrogen-bond acceptors (Lipinski definition) is 3. The zero-order valence-electron chi connectivity index (χ0n) is 4.41. The summed E-state index contributed by atoms with van der Waals surface area (Å²) in [5.74, 6) is -0.464. The van der Waals surface area contributed by atoms with Gasteiger partial charge in [0.1, 0.15) is 0 Å². The van der Waals surface area contributed by atoms with Gasteiger partial charge in [-0.05, 0) is 6.07 Å². The van der Waals surface area contributed by atoms with E-state index < -0.39 is 5.95 Å². The van der Waals surface area contributed by atoms with Crippen molar-refractivity contribution in [3.63, 3.8) is 0 Å². The van der Waals surface area contributed by atoms with Crippen LogP contribution < -0.4 is 0 Å². The van der Waals surface area contributed by atoms with Crippen LogP contribution in [0.5, 0.6) is 0 Å². The Hall–Kier alpha value is -0.220. The number of halogens is 1. The van der Waals surface area contributed by atoms with Gasteiger partial charge in [0, 0.05) is 17.2 Å². The first kappa shape index (κ1) is 6.89. The lowest BCUT2D eigenvalue weighted by molar-refractivity contribution is 0.580. The highest BCUT2D eigenvalue weighted by molar-refractivity contribution is 8.68. The molecule has 0 aliphatic carbocycles. The summed E-state index contributed by atoms with van der Waals surface area (Å²) in [4.78, 5) is 4.14. The molecule has 1 aromatic rings.